The highest BCUT2D eigenvalue weighted by Crippen LogP contribution is 2.36. The molecule has 0 amide bonds. The number of anilines is 2. The van der Waals surface area contributed by atoms with E-state index in [1.807, 2.05) is 0 Å². The molecule has 0 atom stereocenters. The molecule has 1 N–H and O–H groups in total. The Morgan fingerprint density at radius 2 is 1.71 bits per heavy atom. The highest BCUT2D eigenvalue weighted by atomic mass is 35.5. The number of hydrogen-bond donors (Lipinski definition) is 1. The van der Waals surface area contributed by atoms with Crippen LogP contribution >= 0.6 is 34.5 Å². The first kappa shape index (κ1) is 17.2. The van der Waals surface area contributed by atoms with E-state index in [0.29, 0.717) is 5.02 Å². The molecule has 0 radical (unpaired) electrons. The highest BCUT2D eigenvalue weighted by molar-refractivity contribution is 7.91. The van der Waals surface area contributed by atoms with Crippen molar-refractivity contribution in [3.63, 3.8) is 0 Å². The van der Waals surface area contributed by atoms with Crippen molar-refractivity contribution in [2.75, 3.05) is 5.32 Å². The monoisotopic (exact) mass is 402 g/mol. The predicted molar refractivity (Wildman–Crippen MR) is 93.7 cm³/mol. The third-order valence-electron chi connectivity index (χ3n) is 3.05. The number of nitrogens with zero attached hydrogens (tertiary/aromatic N) is 1. The molecule has 0 bridgehead atoms. The molecule has 1 heterocycles. The molecule has 3 aromatic rings. The minimum atomic E-state index is -3.89. The Hall–Kier alpha value is -1.67. The summed E-state index contributed by atoms with van der Waals surface area (Å²) in [6.07, 6.45) is 0. The van der Waals surface area contributed by atoms with Crippen molar-refractivity contribution in [3.8, 4) is 0 Å². The van der Waals surface area contributed by atoms with Gasteiger partial charge in [-0.1, -0.05) is 46.7 Å². The van der Waals surface area contributed by atoms with E-state index in [-0.39, 0.29) is 25.1 Å². The maximum absolute atomic E-state index is 13.7. The Kier molecular flexibility index (Phi) is 4.78. The second-order valence-corrected chi connectivity index (χ2v) is 8.56. The molecule has 9 heteroatoms. The van der Waals surface area contributed by atoms with Gasteiger partial charge in [0.15, 0.2) is 10.2 Å². The van der Waals surface area contributed by atoms with Crippen LogP contribution in [0.15, 0.2) is 58.5 Å². The molecule has 124 valence electrons. The van der Waals surface area contributed by atoms with Crippen molar-refractivity contribution in [2.24, 2.45) is 0 Å². The summed E-state index contributed by atoms with van der Waals surface area (Å²) in [6, 6.07) is 11.7. The van der Waals surface area contributed by atoms with Crippen LogP contribution in [0.5, 0.6) is 0 Å². The lowest BCUT2D eigenvalue weighted by Crippen LogP contribution is -2.03. The fourth-order valence-electron chi connectivity index (χ4n) is 1.91. The molecule has 0 aliphatic rings. The van der Waals surface area contributed by atoms with Crippen LogP contribution in [0, 0.1) is 5.82 Å². The SMILES string of the molecule is O=S(=O)(c1ccc(Cl)cc1)c1nc(Nc2ccccc2F)sc1Cl. The van der Waals surface area contributed by atoms with Gasteiger partial charge < -0.3 is 5.32 Å². The number of sulfone groups is 1. The average Bonchev–Trinajstić information content (AvgIpc) is 2.91. The number of thiazole rings is 1. The smallest absolute Gasteiger partial charge is 0.226 e. The molecule has 24 heavy (non-hydrogen) atoms. The summed E-state index contributed by atoms with van der Waals surface area (Å²) in [5, 5.41) is 3.04. The fraction of sp³-hybridized carbons (Fsp3) is 0. The van der Waals surface area contributed by atoms with E-state index in [1.165, 1.54) is 36.4 Å². The Balaban J connectivity index is 1.97. The molecule has 0 saturated carbocycles. The summed E-state index contributed by atoms with van der Waals surface area (Å²) < 4.78 is 38.9. The summed E-state index contributed by atoms with van der Waals surface area (Å²) in [4.78, 5) is 4.03. The number of rotatable bonds is 4. The lowest BCUT2D eigenvalue weighted by Gasteiger charge is -2.03. The maximum Gasteiger partial charge on any atom is 0.226 e. The molecular weight excluding hydrogens is 394 g/mol. The molecule has 0 saturated heterocycles. The largest absolute Gasteiger partial charge is 0.329 e. The molecule has 4 nitrogen and oxygen atoms in total. The van der Waals surface area contributed by atoms with Gasteiger partial charge in [-0.2, -0.15) is 0 Å². The third kappa shape index (κ3) is 3.39. The fourth-order valence-corrected chi connectivity index (χ4v) is 4.86. The lowest BCUT2D eigenvalue weighted by molar-refractivity contribution is 0.593. The Morgan fingerprint density at radius 1 is 1.04 bits per heavy atom. The number of halogens is 3. The molecule has 0 spiro atoms. The molecule has 1 aromatic heterocycles. The van der Waals surface area contributed by atoms with Crippen LogP contribution in [-0.4, -0.2) is 13.4 Å². The number of aromatic nitrogens is 1. The van der Waals surface area contributed by atoms with Crippen LogP contribution in [0.25, 0.3) is 0 Å². The van der Waals surface area contributed by atoms with Gasteiger partial charge >= 0.3 is 0 Å². The summed E-state index contributed by atoms with van der Waals surface area (Å²) in [6.45, 7) is 0. The van der Waals surface area contributed by atoms with Gasteiger partial charge in [0.1, 0.15) is 10.2 Å². The molecule has 0 unspecified atom stereocenters. The molecule has 0 aliphatic heterocycles. The lowest BCUT2D eigenvalue weighted by atomic mass is 10.3. The zero-order valence-corrected chi connectivity index (χ0v) is 15.0. The molecule has 3 rings (SSSR count). The number of hydrogen-bond acceptors (Lipinski definition) is 5. The number of para-hydroxylation sites is 1. The second kappa shape index (κ2) is 6.68. The van der Waals surface area contributed by atoms with Gasteiger partial charge in [0.05, 0.1) is 10.6 Å². The molecule has 0 aliphatic carbocycles. The van der Waals surface area contributed by atoms with E-state index in [0.717, 1.165) is 11.3 Å². The van der Waals surface area contributed by atoms with Crippen LogP contribution in [0.3, 0.4) is 0 Å². The van der Waals surface area contributed by atoms with E-state index in [9.17, 15) is 12.8 Å². The summed E-state index contributed by atoms with van der Waals surface area (Å²) in [7, 11) is -3.89. The van der Waals surface area contributed by atoms with Gasteiger partial charge in [0.25, 0.3) is 0 Å². The Bertz CT molecular complexity index is 989. The standard InChI is InChI=1S/C15H9Cl2FN2O2S2/c16-9-5-7-10(8-6-9)24(21,22)14-13(17)23-15(20-14)19-12-4-2-1-3-11(12)18/h1-8H,(H,19,20). The summed E-state index contributed by atoms with van der Waals surface area (Å²) in [5.41, 5.74) is 0.179. The second-order valence-electron chi connectivity index (χ2n) is 4.66. The highest BCUT2D eigenvalue weighted by Gasteiger charge is 2.26. The van der Waals surface area contributed by atoms with Crippen LogP contribution in [0.1, 0.15) is 0 Å². The number of nitrogens with one attached hydrogen (secondary N) is 1. The summed E-state index contributed by atoms with van der Waals surface area (Å²) >= 11 is 12.7. The van der Waals surface area contributed by atoms with Crippen molar-refractivity contribution in [1.82, 2.24) is 4.98 Å². The Labute approximate surface area is 151 Å². The van der Waals surface area contributed by atoms with Gasteiger partial charge in [-0.25, -0.2) is 17.8 Å². The van der Waals surface area contributed by atoms with Crippen molar-refractivity contribution in [3.05, 3.63) is 63.7 Å². The van der Waals surface area contributed by atoms with Gasteiger partial charge in [-0.15, -0.1) is 0 Å². The van der Waals surface area contributed by atoms with Crippen LogP contribution in [0.2, 0.25) is 9.36 Å². The van der Waals surface area contributed by atoms with E-state index < -0.39 is 15.7 Å². The van der Waals surface area contributed by atoms with E-state index in [2.05, 4.69) is 10.3 Å². The molecular formula is C15H9Cl2FN2O2S2. The van der Waals surface area contributed by atoms with Crippen LogP contribution in [0.4, 0.5) is 15.2 Å². The zero-order chi connectivity index (χ0) is 17.3. The molecule has 2 aromatic carbocycles. The zero-order valence-electron chi connectivity index (χ0n) is 11.8. The minimum Gasteiger partial charge on any atom is -0.329 e. The van der Waals surface area contributed by atoms with Crippen molar-refractivity contribution in [1.29, 1.82) is 0 Å². The maximum atomic E-state index is 13.7. The predicted octanol–water partition coefficient (Wildman–Crippen LogP) is 5.17. The van der Waals surface area contributed by atoms with Crippen molar-refractivity contribution < 1.29 is 12.8 Å². The van der Waals surface area contributed by atoms with Gasteiger partial charge in [-0.05, 0) is 36.4 Å². The first-order chi connectivity index (χ1) is 11.4. The average molecular weight is 403 g/mol. The molecule has 0 fully saturated rings. The van der Waals surface area contributed by atoms with E-state index in [4.69, 9.17) is 23.2 Å². The van der Waals surface area contributed by atoms with Crippen molar-refractivity contribution in [2.45, 2.75) is 9.92 Å². The van der Waals surface area contributed by atoms with Gasteiger partial charge in [-0.3, -0.25) is 0 Å². The van der Waals surface area contributed by atoms with Gasteiger partial charge in [0.2, 0.25) is 9.84 Å². The topological polar surface area (TPSA) is 59.1 Å². The minimum absolute atomic E-state index is 0.0104. The first-order valence-corrected chi connectivity index (χ1v) is 9.62. The Morgan fingerprint density at radius 3 is 2.38 bits per heavy atom. The van der Waals surface area contributed by atoms with E-state index in [1.54, 1.807) is 12.1 Å². The normalized spacial score (nSPS) is 11.5. The third-order valence-corrected chi connectivity index (χ3v) is 6.41. The first-order valence-electron chi connectivity index (χ1n) is 6.56. The van der Waals surface area contributed by atoms with Crippen LogP contribution < -0.4 is 5.32 Å². The van der Waals surface area contributed by atoms with Crippen molar-refractivity contribution >= 4 is 55.2 Å². The van der Waals surface area contributed by atoms with E-state index >= 15 is 0 Å². The van der Waals surface area contributed by atoms with Gasteiger partial charge in [0, 0.05) is 5.02 Å². The quantitative estimate of drug-likeness (QED) is 0.653. The number of benzene rings is 2. The summed E-state index contributed by atoms with van der Waals surface area (Å²) in [5.74, 6) is -0.481. The van der Waals surface area contributed by atoms with Crippen LogP contribution in [-0.2, 0) is 9.84 Å².